The Hall–Kier alpha value is -2.03. The Labute approximate surface area is 171 Å². The van der Waals surface area contributed by atoms with Crippen LogP contribution in [-0.4, -0.2) is 29.3 Å². The number of guanidine groups is 1. The molecule has 0 unspecified atom stereocenters. The lowest BCUT2D eigenvalue weighted by Gasteiger charge is -2.12. The van der Waals surface area contributed by atoms with Gasteiger partial charge in [0, 0.05) is 44.0 Å². The highest BCUT2D eigenvalue weighted by Gasteiger charge is 2.09. The van der Waals surface area contributed by atoms with Crippen molar-refractivity contribution in [1.82, 2.24) is 20.4 Å². The summed E-state index contributed by atoms with van der Waals surface area (Å²) in [6.45, 7) is 6.36. The van der Waals surface area contributed by atoms with Crippen LogP contribution >= 0.6 is 24.0 Å². The number of fused-ring (bicyclic) bond motifs is 1. The van der Waals surface area contributed by atoms with Crippen molar-refractivity contribution >= 4 is 40.8 Å². The van der Waals surface area contributed by atoms with Gasteiger partial charge in [0.15, 0.2) is 5.96 Å². The van der Waals surface area contributed by atoms with Crippen LogP contribution in [0, 0.1) is 13.8 Å². The van der Waals surface area contributed by atoms with Gasteiger partial charge in [-0.2, -0.15) is 0 Å². The maximum Gasteiger partial charge on any atom is 0.191 e. The number of hydrogen-bond donors (Lipinski definition) is 2. The standard InChI is InChI=1S/C19H25N5O.HI/c1-14-17(15(2)25-23-14)13-22-19(20-3)21-10-6-11-24-12-9-16-7-4-5-8-18(16)24;/h4-5,7-9,12H,6,10-11,13H2,1-3H3,(H2,20,21,22);1H. The molecule has 0 fully saturated rings. The van der Waals surface area contributed by atoms with Crippen molar-refractivity contribution in [3.05, 3.63) is 53.5 Å². The number of benzene rings is 1. The van der Waals surface area contributed by atoms with Crippen molar-refractivity contribution < 1.29 is 4.52 Å². The van der Waals surface area contributed by atoms with Gasteiger partial charge in [-0.3, -0.25) is 4.99 Å². The maximum atomic E-state index is 5.18. The van der Waals surface area contributed by atoms with Gasteiger partial charge < -0.3 is 19.7 Å². The second kappa shape index (κ2) is 9.61. The third kappa shape index (κ3) is 4.78. The van der Waals surface area contributed by atoms with E-state index in [2.05, 4.69) is 61.9 Å². The zero-order valence-corrected chi connectivity index (χ0v) is 17.8. The first-order valence-electron chi connectivity index (χ1n) is 8.59. The van der Waals surface area contributed by atoms with Crippen molar-refractivity contribution in [2.75, 3.05) is 13.6 Å². The fourth-order valence-corrected chi connectivity index (χ4v) is 2.94. The molecule has 0 aliphatic carbocycles. The fraction of sp³-hybridized carbons (Fsp3) is 0.368. The predicted molar refractivity (Wildman–Crippen MR) is 116 cm³/mol. The highest BCUT2D eigenvalue weighted by molar-refractivity contribution is 14.0. The molecule has 0 radical (unpaired) electrons. The van der Waals surface area contributed by atoms with Crippen LogP contribution in [0.3, 0.4) is 0 Å². The summed E-state index contributed by atoms with van der Waals surface area (Å²) in [6, 6.07) is 10.6. The number of aromatic nitrogens is 2. The van der Waals surface area contributed by atoms with Crippen molar-refractivity contribution in [1.29, 1.82) is 0 Å². The minimum Gasteiger partial charge on any atom is -0.361 e. The summed E-state index contributed by atoms with van der Waals surface area (Å²) in [6.07, 6.45) is 3.17. The minimum atomic E-state index is 0. The van der Waals surface area contributed by atoms with E-state index in [1.54, 1.807) is 7.05 Å². The van der Waals surface area contributed by atoms with Crippen LogP contribution < -0.4 is 10.6 Å². The highest BCUT2D eigenvalue weighted by atomic mass is 127. The van der Waals surface area contributed by atoms with Gasteiger partial charge in [0.1, 0.15) is 5.76 Å². The number of aliphatic imine (C=N–C) groups is 1. The first-order valence-corrected chi connectivity index (χ1v) is 8.59. The van der Waals surface area contributed by atoms with Crippen molar-refractivity contribution in [3.8, 4) is 0 Å². The van der Waals surface area contributed by atoms with E-state index in [1.165, 1.54) is 10.9 Å². The monoisotopic (exact) mass is 467 g/mol. The zero-order chi connectivity index (χ0) is 17.6. The molecular formula is C19H26IN5O. The van der Waals surface area contributed by atoms with Crippen molar-refractivity contribution in [3.63, 3.8) is 0 Å². The Morgan fingerprint density at radius 3 is 2.73 bits per heavy atom. The molecule has 0 amide bonds. The maximum absolute atomic E-state index is 5.18. The Morgan fingerprint density at radius 2 is 2.00 bits per heavy atom. The normalized spacial score (nSPS) is 11.4. The average molecular weight is 467 g/mol. The van der Waals surface area contributed by atoms with Gasteiger partial charge in [-0.15, -0.1) is 24.0 Å². The molecule has 3 rings (SSSR count). The Morgan fingerprint density at radius 1 is 1.19 bits per heavy atom. The summed E-state index contributed by atoms with van der Waals surface area (Å²) in [7, 11) is 1.78. The van der Waals surface area contributed by atoms with Crippen LogP contribution in [-0.2, 0) is 13.1 Å². The van der Waals surface area contributed by atoms with Gasteiger partial charge in [-0.1, -0.05) is 23.4 Å². The summed E-state index contributed by atoms with van der Waals surface area (Å²) in [5.74, 6) is 1.64. The van der Waals surface area contributed by atoms with E-state index >= 15 is 0 Å². The average Bonchev–Trinajstić information content (AvgIpc) is 3.18. The van der Waals surface area contributed by atoms with Crippen LogP contribution in [0.1, 0.15) is 23.4 Å². The number of para-hydroxylation sites is 1. The number of aryl methyl sites for hydroxylation is 3. The minimum absolute atomic E-state index is 0. The van der Waals surface area contributed by atoms with Crippen LogP contribution in [0.5, 0.6) is 0 Å². The fourth-order valence-electron chi connectivity index (χ4n) is 2.94. The summed E-state index contributed by atoms with van der Waals surface area (Å²) < 4.78 is 7.47. The molecule has 140 valence electrons. The predicted octanol–water partition coefficient (Wildman–Crippen LogP) is 3.62. The van der Waals surface area contributed by atoms with Gasteiger partial charge in [-0.05, 0) is 37.8 Å². The molecule has 2 aromatic heterocycles. The number of hydrogen-bond acceptors (Lipinski definition) is 3. The number of nitrogens with zero attached hydrogens (tertiary/aromatic N) is 3. The molecule has 2 N–H and O–H groups in total. The van der Waals surface area contributed by atoms with E-state index in [0.29, 0.717) is 6.54 Å². The third-order valence-electron chi connectivity index (χ3n) is 4.39. The highest BCUT2D eigenvalue weighted by Crippen LogP contribution is 2.15. The molecule has 3 aromatic rings. The lowest BCUT2D eigenvalue weighted by molar-refractivity contribution is 0.392. The smallest absolute Gasteiger partial charge is 0.191 e. The first kappa shape index (κ1) is 20.3. The molecular weight excluding hydrogens is 441 g/mol. The molecule has 0 bridgehead atoms. The van der Waals surface area contributed by atoms with Crippen LogP contribution in [0.25, 0.3) is 10.9 Å². The molecule has 26 heavy (non-hydrogen) atoms. The second-order valence-electron chi connectivity index (χ2n) is 6.08. The lowest BCUT2D eigenvalue weighted by Crippen LogP contribution is -2.37. The Balaban J connectivity index is 0.00000243. The van der Waals surface area contributed by atoms with Gasteiger partial charge in [0.05, 0.1) is 5.69 Å². The van der Waals surface area contributed by atoms with Gasteiger partial charge in [0.25, 0.3) is 0 Å². The van der Waals surface area contributed by atoms with Gasteiger partial charge >= 0.3 is 0 Å². The topological polar surface area (TPSA) is 67.4 Å². The van der Waals surface area contributed by atoms with E-state index in [4.69, 9.17) is 4.52 Å². The Kier molecular flexibility index (Phi) is 7.50. The molecule has 0 saturated carbocycles. The molecule has 0 spiro atoms. The van der Waals surface area contributed by atoms with Crippen molar-refractivity contribution in [2.45, 2.75) is 33.4 Å². The molecule has 2 heterocycles. The molecule has 1 aromatic carbocycles. The van der Waals surface area contributed by atoms with E-state index in [0.717, 1.165) is 42.5 Å². The molecule has 0 aliphatic rings. The van der Waals surface area contributed by atoms with Gasteiger partial charge in [0.2, 0.25) is 0 Å². The summed E-state index contributed by atoms with van der Waals surface area (Å²) in [5.41, 5.74) is 3.28. The van der Waals surface area contributed by atoms with E-state index in [1.807, 2.05) is 13.8 Å². The quantitative estimate of drug-likeness (QED) is 0.252. The third-order valence-corrected chi connectivity index (χ3v) is 4.39. The molecule has 0 aliphatic heterocycles. The van der Waals surface area contributed by atoms with Gasteiger partial charge in [-0.25, -0.2) is 0 Å². The van der Waals surface area contributed by atoms with E-state index in [9.17, 15) is 0 Å². The molecule has 0 atom stereocenters. The largest absolute Gasteiger partial charge is 0.361 e. The second-order valence-corrected chi connectivity index (χ2v) is 6.08. The molecule has 6 nitrogen and oxygen atoms in total. The number of halogens is 1. The summed E-state index contributed by atoms with van der Waals surface area (Å²) in [4.78, 5) is 4.27. The summed E-state index contributed by atoms with van der Waals surface area (Å²) in [5, 5.41) is 11.9. The SMILES string of the molecule is CN=C(NCCCn1ccc2ccccc21)NCc1c(C)noc1C.I. The van der Waals surface area contributed by atoms with Crippen LogP contribution in [0.2, 0.25) is 0 Å². The van der Waals surface area contributed by atoms with E-state index < -0.39 is 0 Å². The number of rotatable bonds is 6. The first-order chi connectivity index (χ1) is 12.2. The zero-order valence-electron chi connectivity index (χ0n) is 15.5. The molecule has 7 heteroatoms. The number of nitrogens with one attached hydrogen (secondary N) is 2. The Bertz CT molecular complexity index is 848. The van der Waals surface area contributed by atoms with Crippen LogP contribution in [0.15, 0.2) is 46.0 Å². The summed E-state index contributed by atoms with van der Waals surface area (Å²) >= 11 is 0. The van der Waals surface area contributed by atoms with E-state index in [-0.39, 0.29) is 24.0 Å². The van der Waals surface area contributed by atoms with Crippen LogP contribution in [0.4, 0.5) is 0 Å². The molecule has 0 saturated heterocycles. The van der Waals surface area contributed by atoms with Crippen molar-refractivity contribution in [2.24, 2.45) is 4.99 Å². The lowest BCUT2D eigenvalue weighted by atomic mass is 10.2.